The average Bonchev–Trinajstić information content (AvgIpc) is 2.75. The molecule has 7 heteroatoms. The standard InChI is InChI=1S/C23H29N3O3S/c1-18-9-10-21(30(28,29)26-12-5-2-6-13-26)15-22(18)24-23(27)17-25-14-11-19-7-3-4-8-20(19)16-25/h9-11,14-16H,2-8,12-13,17H2,1H3/p+1. The second-order valence-electron chi connectivity index (χ2n) is 8.36. The first-order valence-corrected chi connectivity index (χ1v) is 12.3. The Morgan fingerprint density at radius 1 is 1.03 bits per heavy atom. The van der Waals surface area contributed by atoms with Crippen molar-refractivity contribution in [3.8, 4) is 0 Å². The fourth-order valence-electron chi connectivity index (χ4n) is 4.32. The zero-order valence-electron chi connectivity index (χ0n) is 17.6. The van der Waals surface area contributed by atoms with Crippen LogP contribution in [0.1, 0.15) is 48.8 Å². The average molecular weight is 429 g/mol. The Hall–Kier alpha value is -2.25. The van der Waals surface area contributed by atoms with Crippen LogP contribution in [-0.2, 0) is 34.2 Å². The molecule has 1 amide bonds. The van der Waals surface area contributed by atoms with Crippen LogP contribution >= 0.6 is 0 Å². The number of carbonyl (C=O) groups excluding carboxylic acids is 1. The number of sulfonamides is 1. The maximum absolute atomic E-state index is 13.0. The van der Waals surface area contributed by atoms with Gasteiger partial charge >= 0.3 is 0 Å². The van der Waals surface area contributed by atoms with E-state index in [0.717, 1.165) is 37.7 Å². The molecule has 0 unspecified atom stereocenters. The molecule has 6 nitrogen and oxygen atoms in total. The maximum Gasteiger partial charge on any atom is 0.290 e. The quantitative estimate of drug-likeness (QED) is 0.745. The summed E-state index contributed by atoms with van der Waals surface area (Å²) in [6, 6.07) is 7.10. The Morgan fingerprint density at radius 2 is 1.77 bits per heavy atom. The molecule has 1 aromatic heterocycles. The number of aryl methyl sites for hydroxylation is 3. The number of aromatic nitrogens is 1. The summed E-state index contributed by atoms with van der Waals surface area (Å²) in [4.78, 5) is 12.9. The third-order valence-corrected chi connectivity index (χ3v) is 8.00. The van der Waals surface area contributed by atoms with Gasteiger partial charge in [-0.15, -0.1) is 0 Å². The first kappa shape index (κ1) is 21.0. The Morgan fingerprint density at radius 3 is 2.53 bits per heavy atom. The number of nitrogens with one attached hydrogen (secondary N) is 1. The Kier molecular flexibility index (Phi) is 6.20. The summed E-state index contributed by atoms with van der Waals surface area (Å²) in [7, 11) is -3.53. The zero-order valence-corrected chi connectivity index (χ0v) is 18.4. The lowest BCUT2D eigenvalue weighted by atomic mass is 9.93. The van der Waals surface area contributed by atoms with Crippen molar-refractivity contribution in [2.75, 3.05) is 18.4 Å². The molecular weight excluding hydrogens is 398 g/mol. The van der Waals surface area contributed by atoms with Crippen LogP contribution in [0.4, 0.5) is 5.69 Å². The van der Waals surface area contributed by atoms with Crippen LogP contribution in [0.25, 0.3) is 0 Å². The lowest BCUT2D eigenvalue weighted by molar-refractivity contribution is -0.684. The van der Waals surface area contributed by atoms with Gasteiger partial charge in [-0.3, -0.25) is 4.79 Å². The molecule has 2 heterocycles. The van der Waals surface area contributed by atoms with Crippen molar-refractivity contribution in [2.24, 2.45) is 0 Å². The van der Waals surface area contributed by atoms with Gasteiger partial charge in [0.15, 0.2) is 12.4 Å². The molecule has 1 aliphatic heterocycles. The summed E-state index contributed by atoms with van der Waals surface area (Å²) in [5.41, 5.74) is 4.10. The van der Waals surface area contributed by atoms with Crippen LogP contribution in [0.15, 0.2) is 41.6 Å². The fourth-order valence-corrected chi connectivity index (χ4v) is 5.87. The minimum atomic E-state index is -3.53. The van der Waals surface area contributed by atoms with Crippen LogP contribution < -0.4 is 9.88 Å². The van der Waals surface area contributed by atoms with Gasteiger partial charge in [0.25, 0.3) is 5.91 Å². The minimum absolute atomic E-state index is 0.161. The van der Waals surface area contributed by atoms with Crippen LogP contribution in [0, 0.1) is 6.92 Å². The number of piperidine rings is 1. The van der Waals surface area contributed by atoms with E-state index in [0.29, 0.717) is 18.8 Å². The Balaban J connectivity index is 1.49. The van der Waals surface area contributed by atoms with Gasteiger partial charge in [-0.25, -0.2) is 8.42 Å². The van der Waals surface area contributed by atoms with E-state index in [4.69, 9.17) is 0 Å². The molecule has 1 saturated heterocycles. The van der Waals surface area contributed by atoms with E-state index in [1.807, 2.05) is 17.7 Å². The molecular formula is C23H30N3O3S+. The molecule has 1 aromatic carbocycles. The predicted octanol–water partition coefficient (Wildman–Crippen LogP) is 2.97. The van der Waals surface area contributed by atoms with E-state index in [2.05, 4.69) is 17.6 Å². The van der Waals surface area contributed by atoms with Crippen molar-refractivity contribution >= 4 is 21.6 Å². The monoisotopic (exact) mass is 428 g/mol. The van der Waals surface area contributed by atoms with Gasteiger partial charge in [-0.1, -0.05) is 12.5 Å². The number of benzene rings is 1. The third-order valence-electron chi connectivity index (χ3n) is 6.11. The molecule has 0 bridgehead atoms. The number of pyridine rings is 1. The topological polar surface area (TPSA) is 70.4 Å². The SMILES string of the molecule is Cc1ccc(S(=O)(=O)N2CCCCC2)cc1NC(=O)C[n+]1ccc2c(c1)CCCC2. The Bertz CT molecular complexity index is 1040. The van der Waals surface area contributed by atoms with E-state index in [1.54, 1.807) is 22.5 Å². The second-order valence-corrected chi connectivity index (χ2v) is 10.3. The van der Waals surface area contributed by atoms with Gasteiger partial charge in [0.1, 0.15) is 0 Å². The molecule has 1 aliphatic carbocycles. The first-order valence-electron chi connectivity index (χ1n) is 10.8. The van der Waals surface area contributed by atoms with Gasteiger partial charge < -0.3 is 5.32 Å². The fraction of sp³-hybridized carbons (Fsp3) is 0.478. The van der Waals surface area contributed by atoms with Crippen molar-refractivity contribution in [1.29, 1.82) is 0 Å². The van der Waals surface area contributed by atoms with Crippen LogP contribution in [0.5, 0.6) is 0 Å². The van der Waals surface area contributed by atoms with Gasteiger partial charge in [0, 0.05) is 30.4 Å². The molecule has 1 N–H and O–H groups in total. The third kappa shape index (κ3) is 4.57. The summed E-state index contributed by atoms with van der Waals surface area (Å²) in [5.74, 6) is -0.161. The molecule has 160 valence electrons. The smallest absolute Gasteiger partial charge is 0.290 e. The van der Waals surface area contributed by atoms with Gasteiger partial charge in [0.05, 0.1) is 4.90 Å². The molecule has 4 rings (SSSR count). The molecule has 2 aliphatic rings. The summed E-state index contributed by atoms with van der Waals surface area (Å²) >= 11 is 0. The minimum Gasteiger partial charge on any atom is -0.320 e. The van der Waals surface area contributed by atoms with Crippen molar-refractivity contribution in [1.82, 2.24) is 4.31 Å². The number of rotatable bonds is 5. The number of amides is 1. The van der Waals surface area contributed by atoms with Crippen molar-refractivity contribution in [3.05, 3.63) is 53.3 Å². The van der Waals surface area contributed by atoms with E-state index in [-0.39, 0.29) is 17.3 Å². The highest BCUT2D eigenvalue weighted by Crippen LogP contribution is 2.25. The number of fused-ring (bicyclic) bond motifs is 1. The number of hydrogen-bond acceptors (Lipinski definition) is 3. The number of nitrogens with zero attached hydrogens (tertiary/aromatic N) is 2. The zero-order chi connectivity index (χ0) is 21.1. The molecule has 30 heavy (non-hydrogen) atoms. The molecule has 0 atom stereocenters. The van der Waals surface area contributed by atoms with Crippen molar-refractivity contribution < 1.29 is 17.8 Å². The van der Waals surface area contributed by atoms with Crippen LogP contribution in [0.3, 0.4) is 0 Å². The first-order chi connectivity index (χ1) is 14.4. The molecule has 1 fully saturated rings. The Labute approximate surface area is 179 Å². The highest BCUT2D eigenvalue weighted by Gasteiger charge is 2.26. The van der Waals surface area contributed by atoms with E-state index in [1.165, 1.54) is 24.0 Å². The maximum atomic E-state index is 13.0. The van der Waals surface area contributed by atoms with Crippen LogP contribution in [0.2, 0.25) is 0 Å². The molecule has 0 saturated carbocycles. The van der Waals surface area contributed by atoms with Crippen molar-refractivity contribution in [2.45, 2.75) is 63.3 Å². The molecule has 0 spiro atoms. The summed E-state index contributed by atoms with van der Waals surface area (Å²) in [6.07, 6.45) is 11.5. The van der Waals surface area contributed by atoms with E-state index in [9.17, 15) is 13.2 Å². The highest BCUT2D eigenvalue weighted by molar-refractivity contribution is 7.89. The second kappa shape index (κ2) is 8.86. The summed E-state index contributed by atoms with van der Waals surface area (Å²) in [6.45, 7) is 3.20. The predicted molar refractivity (Wildman–Crippen MR) is 116 cm³/mol. The molecule has 0 radical (unpaired) electrons. The van der Waals surface area contributed by atoms with Gasteiger partial charge in [0.2, 0.25) is 16.6 Å². The highest BCUT2D eigenvalue weighted by atomic mass is 32.2. The van der Waals surface area contributed by atoms with E-state index < -0.39 is 10.0 Å². The van der Waals surface area contributed by atoms with Crippen LogP contribution in [-0.4, -0.2) is 31.7 Å². The molecule has 2 aromatic rings. The summed E-state index contributed by atoms with van der Waals surface area (Å²) < 4.78 is 29.4. The van der Waals surface area contributed by atoms with Crippen molar-refractivity contribution in [3.63, 3.8) is 0 Å². The number of hydrogen-bond donors (Lipinski definition) is 1. The van der Waals surface area contributed by atoms with Gasteiger partial charge in [-0.05, 0) is 68.7 Å². The van der Waals surface area contributed by atoms with Gasteiger partial charge in [-0.2, -0.15) is 8.87 Å². The normalized spacial score (nSPS) is 17.4. The number of carbonyl (C=O) groups is 1. The number of anilines is 1. The largest absolute Gasteiger partial charge is 0.320 e. The lowest BCUT2D eigenvalue weighted by Gasteiger charge is -2.26. The van der Waals surface area contributed by atoms with E-state index >= 15 is 0 Å². The summed E-state index contributed by atoms with van der Waals surface area (Å²) in [5, 5.41) is 2.91. The lowest BCUT2D eigenvalue weighted by Crippen LogP contribution is -2.40.